The van der Waals surface area contributed by atoms with Crippen LogP contribution >= 0.6 is 23.4 Å². The van der Waals surface area contributed by atoms with E-state index in [0.29, 0.717) is 16.5 Å². The Kier molecular flexibility index (Phi) is 7.36. The number of carboxylic acid groups (broad SMARTS) is 1. The van der Waals surface area contributed by atoms with E-state index in [1.165, 1.54) is 11.8 Å². The minimum Gasteiger partial charge on any atom is -0.549 e. The van der Waals surface area contributed by atoms with Crippen molar-refractivity contribution in [2.24, 2.45) is 5.10 Å². The lowest BCUT2D eigenvalue weighted by Gasteiger charge is -2.11. The maximum absolute atomic E-state index is 10.6. The van der Waals surface area contributed by atoms with E-state index in [1.54, 1.807) is 7.11 Å². The Morgan fingerprint density at radius 1 is 1.31 bits per heavy atom. The number of hydrazone groups is 1. The highest BCUT2D eigenvalue weighted by atomic mass is 35.5. The van der Waals surface area contributed by atoms with Gasteiger partial charge in [-0.1, -0.05) is 17.7 Å². The molecule has 0 aliphatic rings. The normalized spacial score (nSPS) is 11.3. The van der Waals surface area contributed by atoms with Crippen LogP contribution in [0, 0.1) is 6.92 Å². The van der Waals surface area contributed by atoms with Gasteiger partial charge in [0.15, 0.2) is 0 Å². The Labute approximate surface area is 162 Å². The van der Waals surface area contributed by atoms with Crippen molar-refractivity contribution in [2.75, 3.05) is 18.3 Å². The van der Waals surface area contributed by atoms with Crippen molar-refractivity contribution >= 4 is 40.7 Å². The third-order valence-electron chi connectivity index (χ3n) is 3.70. The highest BCUT2D eigenvalue weighted by Crippen LogP contribution is 2.25. The molecule has 2 aromatic rings. The molecule has 0 unspecified atom stereocenters. The van der Waals surface area contributed by atoms with Crippen LogP contribution in [0.4, 0.5) is 5.69 Å². The van der Waals surface area contributed by atoms with Gasteiger partial charge >= 0.3 is 0 Å². The first-order chi connectivity index (χ1) is 12.4. The van der Waals surface area contributed by atoms with Crippen molar-refractivity contribution in [1.82, 2.24) is 0 Å². The number of carbonyl (C=O) groups is 1. The fourth-order valence-electron chi connectivity index (χ4n) is 2.24. The fraction of sp³-hybridized carbons (Fsp3) is 0.263. The maximum Gasteiger partial charge on any atom is 0.122 e. The summed E-state index contributed by atoms with van der Waals surface area (Å²) in [7, 11) is 1.59. The van der Waals surface area contributed by atoms with Crippen LogP contribution in [0.5, 0.6) is 5.75 Å². The number of carboxylic acids is 1. The Hall–Kier alpha value is -2.18. The number of carbonyl (C=O) groups excluding carboxylic acids is 1. The van der Waals surface area contributed by atoms with E-state index in [2.05, 4.69) is 10.5 Å². The van der Waals surface area contributed by atoms with Crippen molar-refractivity contribution in [3.63, 3.8) is 0 Å². The minimum atomic E-state index is -1.08. The predicted molar refractivity (Wildman–Crippen MR) is 106 cm³/mol. The number of hydrogen-bond acceptors (Lipinski definition) is 6. The van der Waals surface area contributed by atoms with Crippen LogP contribution in [0.25, 0.3) is 0 Å². The Balaban J connectivity index is 2.14. The number of hydrogen-bond donors (Lipinski definition) is 1. The third-order valence-corrected chi connectivity index (χ3v) is 5.06. The zero-order chi connectivity index (χ0) is 19.1. The van der Waals surface area contributed by atoms with Gasteiger partial charge in [0.05, 0.1) is 24.5 Å². The molecule has 0 atom stereocenters. The number of rotatable bonds is 8. The van der Waals surface area contributed by atoms with Gasteiger partial charge < -0.3 is 14.6 Å². The fourth-order valence-corrected chi connectivity index (χ4v) is 3.13. The van der Waals surface area contributed by atoms with Gasteiger partial charge in [0.2, 0.25) is 0 Å². The molecule has 26 heavy (non-hydrogen) atoms. The van der Waals surface area contributed by atoms with Gasteiger partial charge in [-0.25, -0.2) is 0 Å². The average molecular weight is 392 g/mol. The van der Waals surface area contributed by atoms with Gasteiger partial charge in [-0.05, 0) is 55.3 Å². The zero-order valence-corrected chi connectivity index (χ0v) is 16.4. The molecule has 2 rings (SSSR count). The summed E-state index contributed by atoms with van der Waals surface area (Å²) in [5, 5.41) is 15.7. The summed E-state index contributed by atoms with van der Waals surface area (Å²) >= 11 is 7.39. The molecule has 0 saturated carbocycles. The van der Waals surface area contributed by atoms with E-state index in [0.717, 1.165) is 28.1 Å². The summed E-state index contributed by atoms with van der Waals surface area (Å²) in [6, 6.07) is 11.4. The van der Waals surface area contributed by atoms with Crippen molar-refractivity contribution in [1.29, 1.82) is 0 Å². The van der Waals surface area contributed by atoms with E-state index in [4.69, 9.17) is 16.3 Å². The number of aliphatic carboxylic acids is 1. The monoisotopic (exact) mass is 391 g/mol. The molecule has 1 N–H and O–H groups in total. The number of halogens is 1. The molecular weight excluding hydrogens is 372 g/mol. The third kappa shape index (κ3) is 5.68. The number of nitrogens with one attached hydrogen (secondary N) is 1. The van der Waals surface area contributed by atoms with Gasteiger partial charge in [-0.3, -0.25) is 5.43 Å². The maximum atomic E-state index is 10.6. The van der Waals surface area contributed by atoms with Gasteiger partial charge in [-0.2, -0.15) is 16.9 Å². The van der Waals surface area contributed by atoms with Crippen LogP contribution in [-0.2, 0) is 10.5 Å². The van der Waals surface area contributed by atoms with Crippen LogP contribution in [0.15, 0.2) is 41.5 Å². The molecule has 0 aliphatic carbocycles. The topological polar surface area (TPSA) is 73.8 Å². The first-order valence-electron chi connectivity index (χ1n) is 7.92. The van der Waals surface area contributed by atoms with E-state index < -0.39 is 5.97 Å². The Morgan fingerprint density at radius 2 is 2.08 bits per heavy atom. The highest BCUT2D eigenvalue weighted by Gasteiger charge is 2.07. The number of benzene rings is 2. The van der Waals surface area contributed by atoms with Crippen LogP contribution in [-0.4, -0.2) is 24.5 Å². The van der Waals surface area contributed by atoms with Gasteiger partial charge in [-0.15, -0.1) is 0 Å². The largest absolute Gasteiger partial charge is 0.549 e. The van der Waals surface area contributed by atoms with Gasteiger partial charge in [0.1, 0.15) is 5.75 Å². The smallest absolute Gasteiger partial charge is 0.122 e. The summed E-state index contributed by atoms with van der Waals surface area (Å²) < 4.78 is 5.34. The van der Waals surface area contributed by atoms with Crippen LogP contribution in [0.2, 0.25) is 5.02 Å². The van der Waals surface area contributed by atoms with Gasteiger partial charge in [0, 0.05) is 22.1 Å². The average Bonchev–Trinajstić information content (AvgIpc) is 2.62. The van der Waals surface area contributed by atoms with Crippen molar-refractivity contribution < 1.29 is 14.6 Å². The molecule has 138 valence electrons. The zero-order valence-electron chi connectivity index (χ0n) is 14.8. The van der Waals surface area contributed by atoms with Crippen molar-refractivity contribution in [2.45, 2.75) is 19.6 Å². The van der Waals surface area contributed by atoms with Crippen LogP contribution in [0.3, 0.4) is 0 Å². The summed E-state index contributed by atoms with van der Waals surface area (Å²) in [6.45, 7) is 3.83. The molecule has 0 bridgehead atoms. The second-order valence-corrected chi connectivity index (χ2v) is 7.06. The first kappa shape index (κ1) is 20.1. The molecule has 0 heterocycles. The van der Waals surface area contributed by atoms with Gasteiger partial charge in [0.25, 0.3) is 0 Å². The van der Waals surface area contributed by atoms with Crippen LogP contribution < -0.4 is 15.3 Å². The van der Waals surface area contributed by atoms with E-state index in [-0.39, 0.29) is 5.75 Å². The van der Waals surface area contributed by atoms with Crippen molar-refractivity contribution in [3.8, 4) is 5.75 Å². The summed E-state index contributed by atoms with van der Waals surface area (Å²) in [6.07, 6.45) is 0. The summed E-state index contributed by atoms with van der Waals surface area (Å²) in [5.74, 6) is 0.0876. The lowest BCUT2D eigenvalue weighted by atomic mass is 10.1. The molecule has 0 spiro atoms. The van der Waals surface area contributed by atoms with E-state index in [1.807, 2.05) is 50.2 Å². The number of methoxy groups -OCH3 is 1. The number of thioether (sulfide) groups is 1. The lowest BCUT2D eigenvalue weighted by molar-refractivity contribution is -0.301. The van der Waals surface area contributed by atoms with E-state index >= 15 is 0 Å². The molecule has 0 amide bonds. The second kappa shape index (κ2) is 9.50. The number of aryl methyl sites for hydroxylation is 1. The summed E-state index contributed by atoms with van der Waals surface area (Å²) in [4.78, 5) is 10.6. The minimum absolute atomic E-state index is 0.0593. The first-order valence-corrected chi connectivity index (χ1v) is 9.45. The SMILES string of the molecule is COc1ccc(/C(C)=N\Nc2ccc(C)c(Cl)c2)cc1CSCC(=O)[O-]. The highest BCUT2D eigenvalue weighted by molar-refractivity contribution is 7.99. The molecule has 0 saturated heterocycles. The number of nitrogens with zero attached hydrogens (tertiary/aromatic N) is 1. The Morgan fingerprint density at radius 3 is 2.73 bits per heavy atom. The molecule has 2 aromatic carbocycles. The quantitative estimate of drug-likeness (QED) is 0.551. The number of ether oxygens (including phenoxy) is 1. The van der Waals surface area contributed by atoms with Crippen molar-refractivity contribution in [3.05, 3.63) is 58.1 Å². The summed E-state index contributed by atoms with van der Waals surface area (Å²) in [5.41, 5.74) is 7.42. The molecule has 0 aliphatic heterocycles. The standard InChI is InChI=1S/C19H21ClN2O3S/c1-12-4-6-16(9-17(12)20)22-21-13(2)14-5-7-18(25-3)15(8-14)10-26-11-19(23)24/h4-9,22H,10-11H2,1-3H3,(H,23,24)/p-1/b21-13-. The molecule has 0 radical (unpaired) electrons. The molecule has 5 nitrogen and oxygen atoms in total. The predicted octanol–water partition coefficient (Wildman–Crippen LogP) is 3.48. The number of anilines is 1. The molecule has 0 fully saturated rings. The Bertz CT molecular complexity index is 824. The van der Waals surface area contributed by atoms with E-state index in [9.17, 15) is 9.90 Å². The molecule has 7 heteroatoms. The lowest BCUT2D eigenvalue weighted by Crippen LogP contribution is -2.24. The molecule has 0 aromatic heterocycles. The molecular formula is C19H20ClN2O3S-. The van der Waals surface area contributed by atoms with Crippen LogP contribution in [0.1, 0.15) is 23.6 Å². The second-order valence-electron chi connectivity index (χ2n) is 5.66.